The van der Waals surface area contributed by atoms with E-state index in [1.54, 1.807) is 6.20 Å². The maximum atomic E-state index is 12.0. The van der Waals surface area contributed by atoms with E-state index in [4.69, 9.17) is 0 Å². The Morgan fingerprint density at radius 1 is 1.50 bits per heavy atom. The number of aryl methyl sites for hydroxylation is 1. The molecule has 5 nitrogen and oxygen atoms in total. The molecule has 2 aliphatic carbocycles. The van der Waals surface area contributed by atoms with Crippen LogP contribution < -0.4 is 5.32 Å². The van der Waals surface area contributed by atoms with E-state index in [9.17, 15) is 9.90 Å². The van der Waals surface area contributed by atoms with E-state index in [-0.39, 0.29) is 5.92 Å². The van der Waals surface area contributed by atoms with Gasteiger partial charge in [0.1, 0.15) is 11.4 Å². The second-order valence-electron chi connectivity index (χ2n) is 6.19. The Morgan fingerprint density at radius 3 is 2.80 bits per heavy atom. The van der Waals surface area contributed by atoms with E-state index in [1.165, 1.54) is 0 Å². The number of carbonyl (C=O) groups is 1. The summed E-state index contributed by atoms with van der Waals surface area (Å²) in [6, 6.07) is 0.393. The Bertz CT molecular complexity index is 491. The summed E-state index contributed by atoms with van der Waals surface area (Å²) in [6.45, 7) is 2.62. The van der Waals surface area contributed by atoms with Gasteiger partial charge in [-0.15, -0.1) is 0 Å². The molecule has 1 aromatic rings. The lowest BCUT2D eigenvalue weighted by atomic mass is 9.92. The first-order valence-electron chi connectivity index (χ1n) is 7.67. The van der Waals surface area contributed by atoms with Gasteiger partial charge in [-0.2, -0.15) is 0 Å². The Labute approximate surface area is 119 Å². The molecule has 0 spiro atoms. The van der Waals surface area contributed by atoms with Crippen LogP contribution in [0.15, 0.2) is 12.4 Å². The van der Waals surface area contributed by atoms with Gasteiger partial charge < -0.3 is 9.67 Å². The van der Waals surface area contributed by atoms with Crippen molar-refractivity contribution in [3.05, 3.63) is 18.2 Å². The van der Waals surface area contributed by atoms with Crippen molar-refractivity contribution in [2.24, 2.45) is 5.92 Å². The number of aromatic nitrogens is 2. The fourth-order valence-corrected chi connectivity index (χ4v) is 2.97. The number of hydrogen-bond acceptors (Lipinski definition) is 3. The highest BCUT2D eigenvalue weighted by molar-refractivity contribution is 5.80. The molecule has 2 N–H and O–H groups in total. The third-order valence-corrected chi connectivity index (χ3v) is 4.39. The largest absolute Gasteiger partial charge is 0.480 e. The summed E-state index contributed by atoms with van der Waals surface area (Å²) in [6.07, 6.45) is 9.86. The lowest BCUT2D eigenvalue weighted by molar-refractivity contribution is -0.147. The van der Waals surface area contributed by atoms with Gasteiger partial charge in [0, 0.05) is 24.9 Å². The molecule has 0 amide bonds. The van der Waals surface area contributed by atoms with E-state index in [0.29, 0.717) is 12.6 Å². The SMILES string of the molecule is CCCc1nccn1CC(NC1CC1)(C(=O)O)C1CC1. The summed E-state index contributed by atoms with van der Waals surface area (Å²) in [5.41, 5.74) is -0.801. The number of nitrogens with zero attached hydrogens (tertiary/aromatic N) is 2. The predicted octanol–water partition coefficient (Wildman–Crippen LogP) is 1.82. The summed E-state index contributed by atoms with van der Waals surface area (Å²) in [5, 5.41) is 13.3. The molecule has 0 aliphatic heterocycles. The zero-order valence-electron chi connectivity index (χ0n) is 12.0. The molecular weight excluding hydrogens is 254 g/mol. The second kappa shape index (κ2) is 5.20. The van der Waals surface area contributed by atoms with Crippen molar-refractivity contribution in [2.45, 2.75) is 63.6 Å². The summed E-state index contributed by atoms with van der Waals surface area (Å²) < 4.78 is 2.03. The molecule has 1 heterocycles. The van der Waals surface area contributed by atoms with Crippen molar-refractivity contribution < 1.29 is 9.90 Å². The van der Waals surface area contributed by atoms with Crippen LogP contribution in [-0.2, 0) is 17.8 Å². The molecule has 1 atom stereocenters. The molecule has 0 bridgehead atoms. The van der Waals surface area contributed by atoms with Gasteiger partial charge in [0.25, 0.3) is 0 Å². The van der Waals surface area contributed by atoms with Crippen LogP contribution in [0.5, 0.6) is 0 Å². The molecular formula is C15H23N3O2. The molecule has 0 saturated heterocycles. The standard InChI is InChI=1S/C15H23N3O2/c1-2-3-13-16-8-9-18(13)10-15(14(19)20,11-4-5-11)17-12-6-7-12/h8-9,11-12,17H,2-7,10H2,1H3,(H,19,20). The zero-order chi connectivity index (χ0) is 14.2. The molecule has 0 aromatic carbocycles. The molecule has 2 saturated carbocycles. The van der Waals surface area contributed by atoms with Gasteiger partial charge in [-0.3, -0.25) is 10.1 Å². The van der Waals surface area contributed by atoms with Crippen molar-refractivity contribution >= 4 is 5.97 Å². The molecule has 0 radical (unpaired) electrons. The van der Waals surface area contributed by atoms with E-state index < -0.39 is 11.5 Å². The Kier molecular flexibility index (Phi) is 3.54. The first-order chi connectivity index (χ1) is 9.65. The Morgan fingerprint density at radius 2 is 2.25 bits per heavy atom. The van der Waals surface area contributed by atoms with Crippen LogP contribution in [0.3, 0.4) is 0 Å². The van der Waals surface area contributed by atoms with Crippen LogP contribution in [0.1, 0.15) is 44.9 Å². The monoisotopic (exact) mass is 277 g/mol. The highest BCUT2D eigenvalue weighted by Crippen LogP contribution is 2.43. The Hall–Kier alpha value is -1.36. The van der Waals surface area contributed by atoms with Gasteiger partial charge in [0.15, 0.2) is 0 Å². The van der Waals surface area contributed by atoms with Crippen molar-refractivity contribution in [2.75, 3.05) is 0 Å². The lowest BCUT2D eigenvalue weighted by Crippen LogP contribution is -2.58. The molecule has 1 unspecified atom stereocenters. The zero-order valence-corrected chi connectivity index (χ0v) is 12.0. The van der Waals surface area contributed by atoms with Gasteiger partial charge in [0.2, 0.25) is 0 Å². The third-order valence-electron chi connectivity index (χ3n) is 4.39. The highest BCUT2D eigenvalue weighted by Gasteiger charge is 2.53. The molecule has 5 heteroatoms. The maximum Gasteiger partial charge on any atom is 0.326 e. The minimum Gasteiger partial charge on any atom is -0.480 e. The smallest absolute Gasteiger partial charge is 0.326 e. The third kappa shape index (κ3) is 2.59. The first-order valence-corrected chi connectivity index (χ1v) is 7.67. The van der Waals surface area contributed by atoms with Crippen LogP contribution in [0.4, 0.5) is 0 Å². The Balaban J connectivity index is 1.84. The number of carboxylic acids is 1. The fraction of sp³-hybridized carbons (Fsp3) is 0.733. The summed E-state index contributed by atoms with van der Waals surface area (Å²) in [5.74, 6) is 0.553. The quantitative estimate of drug-likeness (QED) is 0.760. The fourth-order valence-electron chi connectivity index (χ4n) is 2.97. The average Bonchev–Trinajstić information content (AvgIpc) is 3.31. The molecule has 20 heavy (non-hydrogen) atoms. The number of hydrogen-bond donors (Lipinski definition) is 2. The lowest BCUT2D eigenvalue weighted by Gasteiger charge is -2.32. The summed E-state index contributed by atoms with van der Waals surface area (Å²) >= 11 is 0. The maximum absolute atomic E-state index is 12.0. The number of aliphatic carboxylic acids is 1. The van der Waals surface area contributed by atoms with Crippen molar-refractivity contribution in [1.29, 1.82) is 0 Å². The van der Waals surface area contributed by atoms with Gasteiger partial charge in [0.05, 0.1) is 6.54 Å². The van der Waals surface area contributed by atoms with E-state index in [0.717, 1.165) is 44.3 Å². The molecule has 2 aliphatic rings. The second-order valence-corrected chi connectivity index (χ2v) is 6.19. The van der Waals surface area contributed by atoms with Gasteiger partial charge >= 0.3 is 5.97 Å². The molecule has 3 rings (SSSR count). The number of rotatable bonds is 8. The van der Waals surface area contributed by atoms with Crippen LogP contribution in [-0.4, -0.2) is 32.2 Å². The predicted molar refractivity (Wildman–Crippen MR) is 75.5 cm³/mol. The van der Waals surface area contributed by atoms with Crippen LogP contribution in [0.25, 0.3) is 0 Å². The van der Waals surface area contributed by atoms with Crippen molar-refractivity contribution in [3.8, 4) is 0 Å². The van der Waals surface area contributed by atoms with Crippen molar-refractivity contribution in [3.63, 3.8) is 0 Å². The minimum atomic E-state index is -0.801. The number of carboxylic acid groups (broad SMARTS) is 1. The van der Waals surface area contributed by atoms with Crippen LogP contribution >= 0.6 is 0 Å². The normalized spacial score (nSPS) is 21.6. The van der Waals surface area contributed by atoms with E-state index >= 15 is 0 Å². The van der Waals surface area contributed by atoms with E-state index in [2.05, 4.69) is 17.2 Å². The minimum absolute atomic E-state index is 0.262. The molecule has 2 fully saturated rings. The topological polar surface area (TPSA) is 67.2 Å². The van der Waals surface area contributed by atoms with Crippen LogP contribution in [0.2, 0.25) is 0 Å². The molecule has 110 valence electrons. The van der Waals surface area contributed by atoms with Gasteiger partial charge in [-0.05, 0) is 38.0 Å². The van der Waals surface area contributed by atoms with Gasteiger partial charge in [-0.1, -0.05) is 6.92 Å². The van der Waals surface area contributed by atoms with Crippen molar-refractivity contribution in [1.82, 2.24) is 14.9 Å². The molecule has 1 aromatic heterocycles. The highest BCUT2D eigenvalue weighted by atomic mass is 16.4. The van der Waals surface area contributed by atoms with Crippen LogP contribution in [0, 0.1) is 5.92 Å². The average molecular weight is 277 g/mol. The van der Waals surface area contributed by atoms with E-state index in [1.807, 2.05) is 10.8 Å². The van der Waals surface area contributed by atoms with Gasteiger partial charge in [-0.25, -0.2) is 4.98 Å². The first kappa shape index (κ1) is 13.6. The summed E-state index contributed by atoms with van der Waals surface area (Å²) in [7, 11) is 0. The number of imidazole rings is 1. The summed E-state index contributed by atoms with van der Waals surface area (Å²) in [4.78, 5) is 16.3. The number of nitrogens with one attached hydrogen (secondary N) is 1.